The summed E-state index contributed by atoms with van der Waals surface area (Å²) in [6.45, 7) is 4.97. The molecule has 0 saturated carbocycles. The molecule has 1 aromatic heterocycles. The molecule has 0 bridgehead atoms. The molecule has 1 saturated heterocycles. The highest BCUT2D eigenvalue weighted by atomic mass is 16.5. The lowest BCUT2D eigenvalue weighted by Gasteiger charge is -2.20. The van der Waals surface area contributed by atoms with Crippen LogP contribution in [0.2, 0.25) is 0 Å². The van der Waals surface area contributed by atoms with Crippen molar-refractivity contribution in [1.29, 1.82) is 0 Å². The first-order chi connectivity index (χ1) is 8.19. The molecule has 2 heterocycles. The molecular weight excluding hydrogens is 216 g/mol. The van der Waals surface area contributed by atoms with Crippen LogP contribution in [-0.2, 0) is 4.74 Å². The second-order valence-corrected chi connectivity index (χ2v) is 4.45. The molecule has 0 radical (unpaired) electrons. The summed E-state index contributed by atoms with van der Waals surface area (Å²) in [6.07, 6.45) is 2.57. The number of rotatable bonds is 4. The Bertz CT molecular complexity index is 377. The van der Waals surface area contributed by atoms with Crippen LogP contribution in [0.4, 0.5) is 11.8 Å². The predicted molar refractivity (Wildman–Crippen MR) is 68.4 cm³/mol. The topological polar surface area (TPSA) is 59.1 Å². The average Bonchev–Trinajstić information content (AvgIpc) is 2.81. The lowest BCUT2D eigenvalue weighted by molar-refractivity contribution is 0.0995. The van der Waals surface area contributed by atoms with Gasteiger partial charge >= 0.3 is 0 Å². The zero-order valence-corrected chi connectivity index (χ0v) is 10.7. The smallest absolute Gasteiger partial charge is 0.224 e. The van der Waals surface area contributed by atoms with E-state index in [-0.39, 0.29) is 6.04 Å². The van der Waals surface area contributed by atoms with Crippen LogP contribution in [0.5, 0.6) is 0 Å². The molecule has 17 heavy (non-hydrogen) atoms. The molecule has 0 aromatic carbocycles. The van der Waals surface area contributed by atoms with Crippen molar-refractivity contribution in [2.24, 2.45) is 0 Å². The first-order valence-electron chi connectivity index (χ1n) is 6.10. The molecule has 1 aliphatic rings. The summed E-state index contributed by atoms with van der Waals surface area (Å²) < 4.78 is 5.65. The lowest BCUT2D eigenvalue weighted by atomic mass is 10.1. The van der Waals surface area contributed by atoms with E-state index in [0.29, 0.717) is 12.1 Å². The maximum Gasteiger partial charge on any atom is 0.224 e. The van der Waals surface area contributed by atoms with Crippen molar-refractivity contribution in [1.82, 2.24) is 9.97 Å². The molecule has 2 unspecified atom stereocenters. The number of nitrogens with one attached hydrogen (secondary N) is 2. The fourth-order valence-electron chi connectivity index (χ4n) is 2.08. The Morgan fingerprint density at radius 2 is 2.29 bits per heavy atom. The van der Waals surface area contributed by atoms with Gasteiger partial charge in [-0.3, -0.25) is 0 Å². The van der Waals surface area contributed by atoms with Gasteiger partial charge in [-0.25, -0.2) is 4.98 Å². The minimum atomic E-state index is 0.275. The van der Waals surface area contributed by atoms with Gasteiger partial charge in [0.25, 0.3) is 0 Å². The quantitative estimate of drug-likeness (QED) is 0.835. The Labute approximate surface area is 102 Å². The highest BCUT2D eigenvalue weighted by molar-refractivity contribution is 5.42. The molecule has 1 aromatic rings. The molecule has 0 aliphatic carbocycles. The monoisotopic (exact) mass is 236 g/mol. The number of nitrogens with zero attached hydrogens (tertiary/aromatic N) is 2. The Morgan fingerprint density at radius 1 is 1.47 bits per heavy atom. The van der Waals surface area contributed by atoms with Crippen LogP contribution in [-0.4, -0.2) is 35.8 Å². The molecular formula is C12H20N4O. The highest BCUT2D eigenvalue weighted by Crippen LogP contribution is 2.19. The number of ether oxygens (including phenoxy) is 1. The highest BCUT2D eigenvalue weighted by Gasteiger charge is 2.22. The summed E-state index contributed by atoms with van der Waals surface area (Å²) >= 11 is 0. The number of hydrogen-bond acceptors (Lipinski definition) is 5. The largest absolute Gasteiger partial charge is 0.376 e. The standard InChI is InChI=1S/C12H20N4O/c1-8-7-11(16-12(13-3)14-8)15-9(2)10-5-4-6-17-10/h7,9-10H,4-6H2,1-3H3,(H2,13,14,15,16). The van der Waals surface area contributed by atoms with Crippen LogP contribution in [0.1, 0.15) is 25.5 Å². The molecule has 2 atom stereocenters. The van der Waals surface area contributed by atoms with E-state index in [9.17, 15) is 0 Å². The number of hydrogen-bond donors (Lipinski definition) is 2. The summed E-state index contributed by atoms with van der Waals surface area (Å²) in [5.74, 6) is 1.50. The number of aryl methyl sites for hydroxylation is 1. The van der Waals surface area contributed by atoms with Gasteiger partial charge in [0.05, 0.1) is 12.1 Å². The van der Waals surface area contributed by atoms with Gasteiger partial charge in [0.2, 0.25) is 5.95 Å². The molecule has 94 valence electrons. The summed E-state index contributed by atoms with van der Waals surface area (Å²) in [5, 5.41) is 6.34. The van der Waals surface area contributed by atoms with E-state index < -0.39 is 0 Å². The first kappa shape index (κ1) is 12.1. The maximum atomic E-state index is 5.65. The Hall–Kier alpha value is -1.36. The second-order valence-electron chi connectivity index (χ2n) is 4.45. The molecule has 5 nitrogen and oxygen atoms in total. The summed E-state index contributed by atoms with van der Waals surface area (Å²) in [4.78, 5) is 8.64. The van der Waals surface area contributed by atoms with Gasteiger partial charge in [-0.05, 0) is 26.7 Å². The van der Waals surface area contributed by atoms with Crippen molar-refractivity contribution in [3.05, 3.63) is 11.8 Å². The normalized spacial score (nSPS) is 21.2. The molecule has 0 spiro atoms. The van der Waals surface area contributed by atoms with Crippen molar-refractivity contribution in [2.45, 2.75) is 38.8 Å². The number of anilines is 2. The predicted octanol–water partition coefficient (Wildman–Crippen LogP) is 1.81. The third kappa shape index (κ3) is 3.06. The van der Waals surface area contributed by atoms with E-state index in [2.05, 4.69) is 27.5 Å². The minimum absolute atomic E-state index is 0.275. The third-order valence-electron chi connectivity index (χ3n) is 2.98. The molecule has 2 N–H and O–H groups in total. The Balaban J connectivity index is 2.04. The fourth-order valence-corrected chi connectivity index (χ4v) is 2.08. The van der Waals surface area contributed by atoms with Crippen molar-refractivity contribution < 1.29 is 4.74 Å². The maximum absolute atomic E-state index is 5.65. The second kappa shape index (κ2) is 5.31. The van der Waals surface area contributed by atoms with Gasteiger partial charge in [0.1, 0.15) is 5.82 Å². The van der Waals surface area contributed by atoms with E-state index in [4.69, 9.17) is 4.74 Å². The zero-order chi connectivity index (χ0) is 12.3. The van der Waals surface area contributed by atoms with Crippen LogP contribution in [0, 0.1) is 6.92 Å². The Kier molecular flexibility index (Phi) is 3.78. The molecule has 1 aliphatic heterocycles. The zero-order valence-electron chi connectivity index (χ0n) is 10.7. The average molecular weight is 236 g/mol. The van der Waals surface area contributed by atoms with E-state index in [1.807, 2.05) is 20.0 Å². The van der Waals surface area contributed by atoms with Gasteiger partial charge < -0.3 is 15.4 Å². The first-order valence-corrected chi connectivity index (χ1v) is 6.10. The molecule has 2 rings (SSSR count). The van der Waals surface area contributed by atoms with E-state index in [1.165, 1.54) is 0 Å². The van der Waals surface area contributed by atoms with Crippen molar-refractivity contribution in [3.8, 4) is 0 Å². The van der Waals surface area contributed by atoms with Gasteiger partial charge in [0.15, 0.2) is 0 Å². The molecule has 5 heteroatoms. The van der Waals surface area contributed by atoms with E-state index >= 15 is 0 Å². The van der Waals surface area contributed by atoms with Gasteiger partial charge in [-0.2, -0.15) is 4.98 Å². The molecule has 1 fully saturated rings. The van der Waals surface area contributed by atoms with Gasteiger partial charge in [-0.15, -0.1) is 0 Å². The third-order valence-corrected chi connectivity index (χ3v) is 2.98. The SMILES string of the molecule is CNc1nc(C)cc(NC(C)C2CCCO2)n1. The van der Waals surface area contributed by atoms with Crippen molar-refractivity contribution >= 4 is 11.8 Å². The fraction of sp³-hybridized carbons (Fsp3) is 0.667. The summed E-state index contributed by atoms with van der Waals surface area (Å²) in [7, 11) is 1.82. The Morgan fingerprint density at radius 3 is 2.94 bits per heavy atom. The van der Waals surface area contributed by atoms with Gasteiger partial charge in [0, 0.05) is 25.4 Å². The van der Waals surface area contributed by atoms with Gasteiger partial charge in [-0.1, -0.05) is 0 Å². The van der Waals surface area contributed by atoms with Crippen molar-refractivity contribution in [2.75, 3.05) is 24.3 Å². The summed E-state index contributed by atoms with van der Waals surface area (Å²) in [5.41, 5.74) is 0.950. The van der Waals surface area contributed by atoms with Crippen molar-refractivity contribution in [3.63, 3.8) is 0 Å². The molecule has 0 amide bonds. The van der Waals surface area contributed by atoms with Crippen LogP contribution in [0.15, 0.2) is 6.07 Å². The van der Waals surface area contributed by atoms with Crippen LogP contribution in [0.25, 0.3) is 0 Å². The minimum Gasteiger partial charge on any atom is -0.376 e. The van der Waals surface area contributed by atoms with Crippen LogP contribution in [0.3, 0.4) is 0 Å². The number of aromatic nitrogens is 2. The van der Waals surface area contributed by atoms with Crippen LogP contribution < -0.4 is 10.6 Å². The summed E-state index contributed by atoms with van der Waals surface area (Å²) in [6, 6.07) is 2.23. The van der Waals surface area contributed by atoms with E-state index in [1.54, 1.807) is 0 Å². The lowest BCUT2D eigenvalue weighted by Crippen LogP contribution is -2.30. The van der Waals surface area contributed by atoms with Crippen LogP contribution >= 0.6 is 0 Å². The van der Waals surface area contributed by atoms with E-state index in [0.717, 1.165) is 31.0 Å².